The molecular weight excluding hydrogens is 454 g/mol. The predicted octanol–water partition coefficient (Wildman–Crippen LogP) is 6.57. The van der Waals surface area contributed by atoms with Crippen molar-refractivity contribution in [3.05, 3.63) is 119 Å². The average molecular weight is 482 g/mol. The molecule has 4 aromatic rings. The van der Waals surface area contributed by atoms with Gasteiger partial charge >= 0.3 is 11.9 Å². The van der Waals surface area contributed by atoms with Crippen molar-refractivity contribution < 1.29 is 24.2 Å². The minimum atomic E-state index is -0.980. The van der Waals surface area contributed by atoms with Gasteiger partial charge in [0, 0.05) is 6.08 Å². The minimum Gasteiger partial charge on any atom is -0.478 e. The molecule has 4 rings (SSSR count). The Morgan fingerprint density at radius 2 is 1.50 bits per heavy atom. The van der Waals surface area contributed by atoms with E-state index in [1.165, 1.54) is 6.08 Å². The number of esters is 1. The van der Waals surface area contributed by atoms with Crippen molar-refractivity contribution in [3.63, 3.8) is 0 Å². The summed E-state index contributed by atoms with van der Waals surface area (Å²) in [6.45, 7) is 4.14. The van der Waals surface area contributed by atoms with E-state index in [9.17, 15) is 14.4 Å². The fourth-order valence-electron chi connectivity index (χ4n) is 3.42. The molecule has 1 amide bonds. The normalized spacial score (nSPS) is 10.4. The first-order valence-electron chi connectivity index (χ1n) is 11.6. The molecule has 0 aliphatic heterocycles. The summed E-state index contributed by atoms with van der Waals surface area (Å²) in [4.78, 5) is 36.2. The number of nitrogens with one attached hydrogen (secondary N) is 1. The highest BCUT2D eigenvalue weighted by Gasteiger charge is 2.14. The van der Waals surface area contributed by atoms with Crippen LogP contribution in [0, 0.1) is 0 Å². The quantitative estimate of drug-likeness (QED) is 0.230. The maximum Gasteiger partial charge on any atom is 0.340 e. The average Bonchev–Trinajstić information content (AvgIpc) is 2.92. The van der Waals surface area contributed by atoms with E-state index >= 15 is 0 Å². The lowest BCUT2D eigenvalue weighted by molar-refractivity contribution is -0.111. The second-order valence-corrected chi connectivity index (χ2v) is 7.56. The Bertz CT molecular complexity index is 1390. The first-order chi connectivity index (χ1) is 17.5. The van der Waals surface area contributed by atoms with Gasteiger partial charge in [0.1, 0.15) is 6.61 Å². The van der Waals surface area contributed by atoms with Crippen LogP contribution in [0.25, 0.3) is 16.8 Å². The number of anilines is 1. The summed E-state index contributed by atoms with van der Waals surface area (Å²) in [5, 5.41) is 13.5. The number of amides is 1. The van der Waals surface area contributed by atoms with Crippen LogP contribution in [-0.2, 0) is 16.1 Å². The maximum atomic E-state index is 12.6. The van der Waals surface area contributed by atoms with E-state index in [4.69, 9.17) is 9.84 Å². The number of hydrogen-bond donors (Lipinski definition) is 2. The van der Waals surface area contributed by atoms with Gasteiger partial charge < -0.3 is 15.2 Å². The summed E-state index contributed by atoms with van der Waals surface area (Å²) in [6, 6.07) is 26.4. The van der Waals surface area contributed by atoms with E-state index in [1.807, 2.05) is 50.2 Å². The number of carbonyl (C=O) groups is 3. The third kappa shape index (κ3) is 6.90. The summed E-state index contributed by atoms with van der Waals surface area (Å²) in [5.41, 5.74) is 2.49. The van der Waals surface area contributed by atoms with Crippen molar-refractivity contribution in [1.29, 1.82) is 0 Å². The molecule has 0 saturated carbocycles. The first kappa shape index (κ1) is 25.9. The third-order valence-corrected chi connectivity index (χ3v) is 5.16. The zero-order chi connectivity index (χ0) is 25.9. The number of carboxylic acid groups (broad SMARTS) is 1. The lowest BCUT2D eigenvalue weighted by Gasteiger charge is -2.10. The standard InChI is InChI=1S/C28H21NO5.C2H6/c30-26(15-11-19-10-12-22-17-23(27(31)32)14-13-21(22)16-19)29-25-9-5-4-8-24(25)28(33)34-18-20-6-2-1-3-7-20;1-2/h1-17H,18H2,(H,29,30)(H,31,32);1-2H3/b15-11+;. The topological polar surface area (TPSA) is 92.7 Å². The molecule has 0 atom stereocenters. The van der Waals surface area contributed by atoms with Gasteiger partial charge in [0.05, 0.1) is 16.8 Å². The molecule has 0 heterocycles. The van der Waals surface area contributed by atoms with E-state index in [0.717, 1.165) is 21.9 Å². The Morgan fingerprint density at radius 3 is 2.25 bits per heavy atom. The van der Waals surface area contributed by atoms with E-state index in [-0.39, 0.29) is 17.7 Å². The molecule has 0 fully saturated rings. The molecule has 0 radical (unpaired) electrons. The Labute approximate surface area is 209 Å². The molecule has 0 unspecified atom stereocenters. The van der Waals surface area contributed by atoms with E-state index in [0.29, 0.717) is 5.69 Å². The van der Waals surface area contributed by atoms with Gasteiger partial charge in [-0.1, -0.05) is 74.5 Å². The van der Waals surface area contributed by atoms with Crippen LogP contribution in [0.3, 0.4) is 0 Å². The predicted molar refractivity (Wildman–Crippen MR) is 142 cm³/mol. The van der Waals surface area contributed by atoms with Crippen molar-refractivity contribution in [2.24, 2.45) is 0 Å². The van der Waals surface area contributed by atoms with Gasteiger partial charge in [0.2, 0.25) is 5.91 Å². The zero-order valence-corrected chi connectivity index (χ0v) is 20.1. The van der Waals surface area contributed by atoms with Gasteiger partial charge in [0.25, 0.3) is 0 Å². The van der Waals surface area contributed by atoms with E-state index < -0.39 is 17.8 Å². The van der Waals surface area contributed by atoms with Crippen LogP contribution >= 0.6 is 0 Å². The van der Waals surface area contributed by atoms with Gasteiger partial charge in [-0.15, -0.1) is 0 Å². The fourth-order valence-corrected chi connectivity index (χ4v) is 3.42. The van der Waals surface area contributed by atoms with Crippen LogP contribution in [0.5, 0.6) is 0 Å². The molecule has 0 aliphatic carbocycles. The Hall–Kier alpha value is -4.71. The van der Waals surface area contributed by atoms with Gasteiger partial charge in [0.15, 0.2) is 0 Å². The number of para-hydroxylation sites is 1. The molecule has 6 heteroatoms. The molecule has 6 nitrogen and oxygen atoms in total. The van der Waals surface area contributed by atoms with Crippen molar-refractivity contribution in [2.45, 2.75) is 20.5 Å². The second kappa shape index (κ2) is 12.7. The van der Waals surface area contributed by atoms with Crippen LogP contribution in [0.4, 0.5) is 5.69 Å². The van der Waals surface area contributed by atoms with Crippen molar-refractivity contribution in [3.8, 4) is 0 Å². The van der Waals surface area contributed by atoms with E-state index in [2.05, 4.69) is 5.32 Å². The molecule has 0 aliphatic rings. The lowest BCUT2D eigenvalue weighted by atomic mass is 10.0. The number of benzene rings is 4. The molecule has 0 aromatic heterocycles. The Balaban J connectivity index is 0.00000176. The highest BCUT2D eigenvalue weighted by Crippen LogP contribution is 2.20. The monoisotopic (exact) mass is 481 g/mol. The molecule has 0 spiro atoms. The number of ether oxygens (including phenoxy) is 1. The highest BCUT2D eigenvalue weighted by atomic mass is 16.5. The fraction of sp³-hybridized carbons (Fsp3) is 0.100. The Kier molecular flexibility index (Phi) is 9.12. The number of carboxylic acids is 1. The molecular formula is C30H27NO5. The van der Waals surface area contributed by atoms with Crippen LogP contribution in [0.15, 0.2) is 97.1 Å². The van der Waals surface area contributed by atoms with Crippen LogP contribution < -0.4 is 5.32 Å². The van der Waals surface area contributed by atoms with Gasteiger partial charge in [-0.3, -0.25) is 4.79 Å². The smallest absolute Gasteiger partial charge is 0.340 e. The molecule has 4 aromatic carbocycles. The SMILES string of the molecule is CC.O=C(/C=C/c1ccc2cc(C(=O)O)ccc2c1)Nc1ccccc1C(=O)OCc1ccccc1. The summed E-state index contributed by atoms with van der Waals surface area (Å²) < 4.78 is 5.38. The summed E-state index contributed by atoms with van der Waals surface area (Å²) in [6.07, 6.45) is 3.02. The third-order valence-electron chi connectivity index (χ3n) is 5.16. The summed E-state index contributed by atoms with van der Waals surface area (Å²) in [5.74, 6) is -1.91. The molecule has 182 valence electrons. The number of rotatable bonds is 7. The molecule has 0 saturated heterocycles. The highest BCUT2D eigenvalue weighted by molar-refractivity contribution is 6.06. The summed E-state index contributed by atoms with van der Waals surface area (Å²) >= 11 is 0. The number of hydrogen-bond acceptors (Lipinski definition) is 4. The summed E-state index contributed by atoms with van der Waals surface area (Å²) in [7, 11) is 0. The van der Waals surface area contributed by atoms with E-state index in [1.54, 1.807) is 60.7 Å². The molecule has 0 bridgehead atoms. The lowest BCUT2D eigenvalue weighted by Crippen LogP contribution is -2.13. The second-order valence-electron chi connectivity index (χ2n) is 7.56. The van der Waals surface area contributed by atoms with Crippen molar-refractivity contribution >= 4 is 40.4 Å². The molecule has 2 N–H and O–H groups in total. The van der Waals surface area contributed by atoms with Gasteiger partial charge in [-0.05, 0) is 58.3 Å². The number of carbonyl (C=O) groups excluding carboxylic acids is 2. The number of aromatic carboxylic acids is 1. The molecule has 36 heavy (non-hydrogen) atoms. The van der Waals surface area contributed by atoms with Crippen LogP contribution in [0.1, 0.15) is 45.7 Å². The van der Waals surface area contributed by atoms with Gasteiger partial charge in [-0.2, -0.15) is 0 Å². The van der Waals surface area contributed by atoms with Gasteiger partial charge in [-0.25, -0.2) is 9.59 Å². The largest absolute Gasteiger partial charge is 0.478 e. The van der Waals surface area contributed by atoms with Crippen molar-refractivity contribution in [1.82, 2.24) is 0 Å². The Morgan fingerprint density at radius 1 is 0.833 bits per heavy atom. The zero-order valence-electron chi connectivity index (χ0n) is 20.1. The van der Waals surface area contributed by atoms with Crippen LogP contribution in [-0.4, -0.2) is 23.0 Å². The minimum absolute atomic E-state index is 0.137. The first-order valence-corrected chi connectivity index (χ1v) is 11.6. The maximum absolute atomic E-state index is 12.6. The van der Waals surface area contributed by atoms with Crippen molar-refractivity contribution in [2.75, 3.05) is 5.32 Å². The van der Waals surface area contributed by atoms with Crippen LogP contribution in [0.2, 0.25) is 0 Å². The number of fused-ring (bicyclic) bond motifs is 1.